The van der Waals surface area contributed by atoms with Crippen LogP contribution in [0.3, 0.4) is 0 Å². The van der Waals surface area contributed by atoms with Gasteiger partial charge in [-0.25, -0.2) is 4.79 Å². The number of amides is 2. The van der Waals surface area contributed by atoms with Crippen molar-refractivity contribution in [3.63, 3.8) is 0 Å². The summed E-state index contributed by atoms with van der Waals surface area (Å²) in [5.74, 6) is -1.13. The van der Waals surface area contributed by atoms with Crippen molar-refractivity contribution in [3.05, 3.63) is 29.8 Å². The molecule has 0 aromatic heterocycles. The van der Waals surface area contributed by atoms with Gasteiger partial charge < -0.3 is 15.4 Å². The van der Waals surface area contributed by atoms with Crippen LogP contribution >= 0.6 is 0 Å². The quantitative estimate of drug-likeness (QED) is 0.751. The fourth-order valence-electron chi connectivity index (χ4n) is 2.36. The van der Waals surface area contributed by atoms with E-state index in [1.54, 1.807) is 0 Å². The van der Waals surface area contributed by atoms with Crippen molar-refractivity contribution in [3.8, 4) is 0 Å². The van der Waals surface area contributed by atoms with Gasteiger partial charge in [0.25, 0.3) is 5.91 Å². The van der Waals surface area contributed by atoms with E-state index in [9.17, 15) is 14.4 Å². The molecule has 2 amide bonds. The average molecular weight is 318 g/mol. The molecule has 0 aliphatic carbocycles. The minimum absolute atomic E-state index is 0.167. The summed E-state index contributed by atoms with van der Waals surface area (Å²) in [7, 11) is 0. The highest BCUT2D eigenvalue weighted by atomic mass is 16.5. The van der Waals surface area contributed by atoms with Gasteiger partial charge >= 0.3 is 5.97 Å². The molecule has 23 heavy (non-hydrogen) atoms. The number of carbonyl (C=O) groups is 3. The van der Waals surface area contributed by atoms with Gasteiger partial charge in [-0.05, 0) is 37.0 Å². The van der Waals surface area contributed by atoms with Crippen molar-refractivity contribution in [1.82, 2.24) is 5.32 Å². The Balaban J connectivity index is 1.73. The second-order valence-corrected chi connectivity index (χ2v) is 5.62. The van der Waals surface area contributed by atoms with Crippen LogP contribution in [0.1, 0.15) is 38.2 Å². The number of anilines is 1. The van der Waals surface area contributed by atoms with E-state index in [4.69, 9.17) is 4.74 Å². The number of unbranched alkanes of at least 4 members (excludes halogenated alkanes) is 1. The third kappa shape index (κ3) is 5.39. The predicted molar refractivity (Wildman–Crippen MR) is 85.8 cm³/mol. The zero-order chi connectivity index (χ0) is 16.7. The zero-order valence-corrected chi connectivity index (χ0v) is 13.3. The molecule has 2 N–H and O–H groups in total. The van der Waals surface area contributed by atoms with E-state index in [-0.39, 0.29) is 12.5 Å². The molecular formula is C17H22N2O4. The number of carbonyl (C=O) groups excluding carboxylic acids is 3. The maximum absolute atomic E-state index is 11.8. The number of ether oxygens (including phenoxy) is 1. The summed E-state index contributed by atoms with van der Waals surface area (Å²) < 4.78 is 4.92. The lowest BCUT2D eigenvalue weighted by Gasteiger charge is -2.10. The monoisotopic (exact) mass is 318 g/mol. The minimum atomic E-state index is -0.631. The molecule has 1 atom stereocenters. The first-order valence-corrected chi connectivity index (χ1v) is 7.93. The molecule has 2 rings (SSSR count). The Morgan fingerprint density at radius 1 is 1.30 bits per heavy atom. The predicted octanol–water partition coefficient (Wildman–Crippen LogP) is 1.79. The molecule has 0 radical (unpaired) electrons. The van der Waals surface area contributed by atoms with Crippen LogP contribution in [-0.4, -0.2) is 30.4 Å². The molecule has 6 nitrogen and oxygen atoms in total. The number of esters is 1. The van der Waals surface area contributed by atoms with Gasteiger partial charge in [-0.15, -0.1) is 0 Å². The van der Waals surface area contributed by atoms with E-state index in [2.05, 4.69) is 17.6 Å². The van der Waals surface area contributed by atoms with E-state index in [1.165, 1.54) is 5.56 Å². The summed E-state index contributed by atoms with van der Waals surface area (Å²) in [6, 6.07) is 6.99. The molecule has 0 bridgehead atoms. The van der Waals surface area contributed by atoms with Crippen LogP contribution in [0.25, 0.3) is 0 Å². The molecule has 1 aromatic rings. The van der Waals surface area contributed by atoms with Gasteiger partial charge in [-0.2, -0.15) is 0 Å². The van der Waals surface area contributed by atoms with E-state index >= 15 is 0 Å². The van der Waals surface area contributed by atoms with Gasteiger partial charge in [-0.3, -0.25) is 9.59 Å². The van der Waals surface area contributed by atoms with Crippen LogP contribution in [0.4, 0.5) is 5.69 Å². The number of hydrogen-bond acceptors (Lipinski definition) is 4. The first-order valence-electron chi connectivity index (χ1n) is 7.93. The van der Waals surface area contributed by atoms with Crippen molar-refractivity contribution in [2.24, 2.45) is 0 Å². The summed E-state index contributed by atoms with van der Waals surface area (Å²) in [5, 5.41) is 5.18. The van der Waals surface area contributed by atoms with Crippen molar-refractivity contribution in [1.29, 1.82) is 0 Å². The molecule has 1 heterocycles. The Labute approximate surface area is 135 Å². The normalized spacial score (nSPS) is 16.7. The minimum Gasteiger partial charge on any atom is -0.454 e. The van der Waals surface area contributed by atoms with Crippen LogP contribution in [-0.2, 0) is 25.5 Å². The molecule has 1 aliphatic rings. The Morgan fingerprint density at radius 3 is 2.65 bits per heavy atom. The fourth-order valence-corrected chi connectivity index (χ4v) is 2.36. The molecular weight excluding hydrogens is 296 g/mol. The highest BCUT2D eigenvalue weighted by molar-refractivity contribution is 5.94. The van der Waals surface area contributed by atoms with E-state index < -0.39 is 17.9 Å². The lowest BCUT2D eigenvalue weighted by Crippen LogP contribution is -2.36. The summed E-state index contributed by atoms with van der Waals surface area (Å²) in [6.45, 7) is 1.79. The molecule has 0 saturated carbocycles. The number of nitrogens with one attached hydrogen (secondary N) is 2. The highest BCUT2D eigenvalue weighted by Crippen LogP contribution is 2.12. The van der Waals surface area contributed by atoms with Gasteiger partial charge in [0.2, 0.25) is 5.91 Å². The third-order valence-corrected chi connectivity index (χ3v) is 3.68. The van der Waals surface area contributed by atoms with Gasteiger partial charge in [0.1, 0.15) is 6.04 Å². The van der Waals surface area contributed by atoms with Crippen LogP contribution in [0.2, 0.25) is 0 Å². The number of benzene rings is 1. The van der Waals surface area contributed by atoms with Crippen molar-refractivity contribution >= 4 is 23.5 Å². The summed E-state index contributed by atoms with van der Waals surface area (Å²) in [6.07, 6.45) is 4.04. The van der Waals surface area contributed by atoms with Gasteiger partial charge in [-0.1, -0.05) is 25.5 Å². The summed E-state index contributed by atoms with van der Waals surface area (Å²) in [4.78, 5) is 34.5. The Hall–Kier alpha value is -2.37. The van der Waals surface area contributed by atoms with E-state index in [0.717, 1.165) is 19.3 Å². The topological polar surface area (TPSA) is 84.5 Å². The SMILES string of the molecule is CCCCc1ccc(NC(=O)COC(=O)[C@@H]2CCC(=O)N2)cc1. The van der Waals surface area contributed by atoms with Gasteiger partial charge in [0.15, 0.2) is 6.61 Å². The van der Waals surface area contributed by atoms with E-state index in [0.29, 0.717) is 18.5 Å². The maximum Gasteiger partial charge on any atom is 0.329 e. The standard InChI is InChI=1S/C17H22N2O4/c1-2-3-4-12-5-7-13(8-6-12)18-16(21)11-23-17(22)14-9-10-15(20)19-14/h5-8,14H,2-4,9-11H2,1H3,(H,18,21)(H,19,20)/t14-/m0/s1. The molecule has 1 aromatic carbocycles. The average Bonchev–Trinajstić information content (AvgIpc) is 2.98. The number of aryl methyl sites for hydroxylation is 1. The molecule has 1 fully saturated rings. The molecule has 124 valence electrons. The van der Waals surface area contributed by atoms with E-state index in [1.807, 2.05) is 24.3 Å². The Bertz CT molecular complexity index is 568. The summed E-state index contributed by atoms with van der Waals surface area (Å²) >= 11 is 0. The second-order valence-electron chi connectivity index (χ2n) is 5.62. The summed E-state index contributed by atoms with van der Waals surface area (Å²) in [5.41, 5.74) is 1.90. The maximum atomic E-state index is 11.8. The van der Waals surface area contributed by atoms with Crippen molar-refractivity contribution in [2.75, 3.05) is 11.9 Å². The smallest absolute Gasteiger partial charge is 0.329 e. The van der Waals surface area contributed by atoms with Crippen LogP contribution in [0.15, 0.2) is 24.3 Å². The van der Waals surface area contributed by atoms with Gasteiger partial charge in [0.05, 0.1) is 0 Å². The first-order chi connectivity index (χ1) is 11.1. The lowest BCUT2D eigenvalue weighted by molar-refractivity contribution is -0.149. The molecule has 1 aliphatic heterocycles. The zero-order valence-electron chi connectivity index (χ0n) is 13.3. The Kier molecular flexibility index (Phi) is 6.14. The highest BCUT2D eigenvalue weighted by Gasteiger charge is 2.28. The fraction of sp³-hybridized carbons (Fsp3) is 0.471. The molecule has 6 heteroatoms. The van der Waals surface area contributed by atoms with Crippen LogP contribution in [0, 0.1) is 0 Å². The molecule has 0 unspecified atom stereocenters. The van der Waals surface area contributed by atoms with Crippen LogP contribution < -0.4 is 10.6 Å². The number of hydrogen-bond donors (Lipinski definition) is 2. The van der Waals surface area contributed by atoms with Crippen LogP contribution in [0.5, 0.6) is 0 Å². The second kappa shape index (κ2) is 8.31. The lowest BCUT2D eigenvalue weighted by atomic mass is 10.1. The van der Waals surface area contributed by atoms with Crippen molar-refractivity contribution < 1.29 is 19.1 Å². The first kappa shape index (κ1) is 17.0. The van der Waals surface area contributed by atoms with Crippen molar-refractivity contribution in [2.45, 2.75) is 45.1 Å². The molecule has 0 spiro atoms. The van der Waals surface area contributed by atoms with Gasteiger partial charge in [0, 0.05) is 12.1 Å². The third-order valence-electron chi connectivity index (χ3n) is 3.68. The Morgan fingerprint density at radius 2 is 2.04 bits per heavy atom. The molecule has 1 saturated heterocycles. The number of rotatable bonds is 7. The largest absolute Gasteiger partial charge is 0.454 e.